The van der Waals surface area contributed by atoms with Gasteiger partial charge in [0.2, 0.25) is 0 Å². The van der Waals surface area contributed by atoms with Crippen LogP contribution in [-0.2, 0) is 0 Å². The maximum absolute atomic E-state index is 4.36. The Morgan fingerprint density at radius 2 is 1.94 bits per heavy atom. The van der Waals surface area contributed by atoms with Crippen LogP contribution >= 0.6 is 0 Å². The first kappa shape index (κ1) is 10.1. The number of aromatic amines is 1. The minimum absolute atomic E-state index is 1.00. The van der Waals surface area contributed by atoms with Crippen molar-refractivity contribution in [1.29, 1.82) is 0 Å². The van der Waals surface area contributed by atoms with E-state index in [4.69, 9.17) is 0 Å². The Kier molecular flexibility index (Phi) is 2.62. The first-order chi connectivity index (χ1) is 8.43. The van der Waals surface area contributed by atoms with Gasteiger partial charge < -0.3 is 0 Å². The van der Waals surface area contributed by atoms with Gasteiger partial charge in [0.15, 0.2) is 0 Å². The molecule has 1 aromatic carbocycles. The summed E-state index contributed by atoms with van der Waals surface area (Å²) in [6.07, 6.45) is 8.88. The Balaban J connectivity index is 1.93. The Morgan fingerprint density at radius 3 is 2.71 bits per heavy atom. The number of aromatic nitrogens is 2. The molecule has 2 aromatic rings. The summed E-state index contributed by atoms with van der Waals surface area (Å²) in [5.41, 5.74) is 4.49. The van der Waals surface area contributed by atoms with Gasteiger partial charge >= 0.3 is 0 Å². The van der Waals surface area contributed by atoms with Gasteiger partial charge in [0.05, 0.1) is 11.4 Å². The fourth-order valence-corrected chi connectivity index (χ4v) is 2.04. The molecule has 0 spiro atoms. The molecule has 3 rings (SSSR count). The quantitative estimate of drug-likeness (QED) is 0.822. The fourth-order valence-electron chi connectivity index (χ4n) is 2.04. The van der Waals surface area contributed by atoms with Crippen molar-refractivity contribution in [3.63, 3.8) is 0 Å². The zero-order valence-corrected chi connectivity index (χ0v) is 9.56. The van der Waals surface area contributed by atoms with Crippen molar-refractivity contribution in [2.75, 3.05) is 0 Å². The number of nitrogens with one attached hydrogen (secondary N) is 1. The van der Waals surface area contributed by atoms with Gasteiger partial charge in [-0.05, 0) is 24.5 Å². The Bertz CT molecular complexity index is 562. The van der Waals surface area contributed by atoms with Crippen LogP contribution in [-0.4, -0.2) is 10.2 Å². The number of rotatable bonds is 2. The number of hydrogen-bond acceptors (Lipinski definition) is 1. The highest BCUT2D eigenvalue weighted by atomic mass is 15.1. The van der Waals surface area contributed by atoms with Crippen LogP contribution < -0.4 is 0 Å². The molecule has 0 fully saturated rings. The van der Waals surface area contributed by atoms with Crippen molar-refractivity contribution in [2.24, 2.45) is 0 Å². The lowest BCUT2D eigenvalue weighted by atomic mass is 10.0. The summed E-state index contributed by atoms with van der Waals surface area (Å²) in [6, 6.07) is 12.3. The smallest absolute Gasteiger partial charge is 0.0927 e. The van der Waals surface area contributed by atoms with Crippen LogP contribution in [0.25, 0.3) is 16.8 Å². The highest BCUT2D eigenvalue weighted by Crippen LogP contribution is 2.24. The third-order valence-corrected chi connectivity index (χ3v) is 2.95. The van der Waals surface area contributed by atoms with Gasteiger partial charge in [0.1, 0.15) is 0 Å². The normalized spacial score (nSPS) is 14.7. The maximum atomic E-state index is 4.36. The van der Waals surface area contributed by atoms with Crippen molar-refractivity contribution >= 4 is 5.57 Å². The molecular weight excluding hydrogens is 208 g/mol. The molecule has 0 saturated carbocycles. The number of allylic oxidation sites excluding steroid dienone is 4. The van der Waals surface area contributed by atoms with Gasteiger partial charge in [-0.3, -0.25) is 5.10 Å². The molecule has 1 aliphatic carbocycles. The van der Waals surface area contributed by atoms with Crippen LogP contribution in [0.2, 0.25) is 0 Å². The SMILES string of the molecule is C1=CC(c2cc(-c3ccccc3)n[nH]2)=CCC1. The summed E-state index contributed by atoms with van der Waals surface area (Å²) in [5.74, 6) is 0. The second-order valence-electron chi connectivity index (χ2n) is 4.17. The largest absolute Gasteiger partial charge is 0.277 e. The predicted octanol–water partition coefficient (Wildman–Crippen LogP) is 3.81. The van der Waals surface area contributed by atoms with Crippen molar-refractivity contribution < 1.29 is 0 Å². The molecule has 1 N–H and O–H groups in total. The van der Waals surface area contributed by atoms with Crippen LogP contribution in [0.4, 0.5) is 0 Å². The molecule has 0 saturated heterocycles. The predicted molar refractivity (Wildman–Crippen MR) is 70.4 cm³/mol. The fraction of sp³-hybridized carbons (Fsp3) is 0.133. The summed E-state index contributed by atoms with van der Waals surface area (Å²) in [6.45, 7) is 0. The van der Waals surface area contributed by atoms with Crippen LogP contribution in [0.1, 0.15) is 18.5 Å². The van der Waals surface area contributed by atoms with E-state index in [-0.39, 0.29) is 0 Å². The topological polar surface area (TPSA) is 28.7 Å². The third kappa shape index (κ3) is 2.07. The lowest BCUT2D eigenvalue weighted by Gasteiger charge is -2.02. The molecule has 1 aliphatic rings. The second-order valence-corrected chi connectivity index (χ2v) is 4.17. The molecule has 0 atom stereocenters. The zero-order chi connectivity index (χ0) is 11.5. The molecule has 0 radical (unpaired) electrons. The molecule has 0 bridgehead atoms. The van der Waals surface area contributed by atoms with E-state index in [2.05, 4.69) is 46.6 Å². The standard InChI is InChI=1S/C15H14N2/c1-3-7-12(8-4-1)14-11-15(17-16-14)13-9-5-2-6-10-13/h1,3-5,7-11H,2,6H2,(H,16,17). The summed E-state index contributed by atoms with van der Waals surface area (Å²) in [7, 11) is 0. The molecule has 1 heterocycles. The van der Waals surface area contributed by atoms with E-state index in [0.717, 1.165) is 29.8 Å². The lowest BCUT2D eigenvalue weighted by molar-refractivity contribution is 1.03. The molecule has 2 nitrogen and oxygen atoms in total. The monoisotopic (exact) mass is 222 g/mol. The van der Waals surface area contributed by atoms with Gasteiger partial charge in [-0.25, -0.2) is 0 Å². The zero-order valence-electron chi connectivity index (χ0n) is 9.56. The first-order valence-corrected chi connectivity index (χ1v) is 5.91. The molecule has 0 unspecified atom stereocenters. The summed E-state index contributed by atoms with van der Waals surface area (Å²) in [5, 5.41) is 7.47. The first-order valence-electron chi connectivity index (χ1n) is 5.91. The van der Waals surface area contributed by atoms with E-state index in [1.54, 1.807) is 0 Å². The third-order valence-electron chi connectivity index (χ3n) is 2.95. The average molecular weight is 222 g/mol. The van der Waals surface area contributed by atoms with Gasteiger partial charge in [0.25, 0.3) is 0 Å². The van der Waals surface area contributed by atoms with Crippen molar-refractivity contribution in [1.82, 2.24) is 10.2 Å². The summed E-state index contributed by atoms with van der Waals surface area (Å²) >= 11 is 0. The number of H-pyrrole nitrogens is 1. The van der Waals surface area contributed by atoms with Crippen LogP contribution in [0.5, 0.6) is 0 Å². The average Bonchev–Trinajstić information content (AvgIpc) is 2.90. The highest BCUT2D eigenvalue weighted by Gasteiger charge is 2.06. The highest BCUT2D eigenvalue weighted by molar-refractivity contribution is 5.75. The van der Waals surface area contributed by atoms with Gasteiger partial charge in [-0.2, -0.15) is 5.10 Å². The number of benzene rings is 1. The molecule has 1 aromatic heterocycles. The molecular formula is C15H14N2. The van der Waals surface area contributed by atoms with Gasteiger partial charge in [0, 0.05) is 5.56 Å². The van der Waals surface area contributed by atoms with E-state index in [1.165, 1.54) is 5.57 Å². The Hall–Kier alpha value is -2.09. The van der Waals surface area contributed by atoms with Crippen LogP contribution in [0.15, 0.2) is 54.6 Å². The van der Waals surface area contributed by atoms with E-state index in [0.29, 0.717) is 0 Å². The summed E-state index contributed by atoms with van der Waals surface area (Å²) < 4.78 is 0. The minimum Gasteiger partial charge on any atom is -0.277 e. The van der Waals surface area contributed by atoms with Crippen molar-refractivity contribution in [2.45, 2.75) is 12.8 Å². The Morgan fingerprint density at radius 1 is 1.06 bits per heavy atom. The Labute approximate surface area is 101 Å². The number of hydrogen-bond donors (Lipinski definition) is 1. The van der Waals surface area contributed by atoms with Crippen LogP contribution in [0, 0.1) is 0 Å². The number of nitrogens with zero attached hydrogens (tertiary/aromatic N) is 1. The van der Waals surface area contributed by atoms with Crippen LogP contribution in [0.3, 0.4) is 0 Å². The van der Waals surface area contributed by atoms with Gasteiger partial charge in [-0.1, -0.05) is 48.6 Å². The van der Waals surface area contributed by atoms with E-state index < -0.39 is 0 Å². The van der Waals surface area contributed by atoms with Crippen molar-refractivity contribution in [3.05, 3.63) is 60.3 Å². The van der Waals surface area contributed by atoms with Crippen molar-refractivity contribution in [3.8, 4) is 11.3 Å². The molecule has 17 heavy (non-hydrogen) atoms. The van der Waals surface area contributed by atoms with E-state index in [1.807, 2.05) is 18.2 Å². The maximum Gasteiger partial charge on any atom is 0.0927 e. The summed E-state index contributed by atoms with van der Waals surface area (Å²) in [4.78, 5) is 0. The minimum atomic E-state index is 1.00. The molecule has 84 valence electrons. The van der Waals surface area contributed by atoms with Gasteiger partial charge in [-0.15, -0.1) is 0 Å². The molecule has 2 heteroatoms. The van der Waals surface area contributed by atoms with E-state index >= 15 is 0 Å². The molecule has 0 aliphatic heterocycles. The molecule has 0 amide bonds. The lowest BCUT2D eigenvalue weighted by Crippen LogP contribution is -1.85. The van der Waals surface area contributed by atoms with E-state index in [9.17, 15) is 0 Å². The second kappa shape index (κ2) is 4.42.